The molecule has 0 spiro atoms. The Bertz CT molecular complexity index is 1570. The maximum atomic E-state index is 15.2. The summed E-state index contributed by atoms with van der Waals surface area (Å²) in [5, 5.41) is 11.0. The first-order valence-corrected chi connectivity index (χ1v) is 13.9. The minimum absolute atomic E-state index is 0.00675. The van der Waals surface area contributed by atoms with Gasteiger partial charge in [0.05, 0.1) is 6.26 Å². The number of nitrogens with one attached hydrogen (secondary N) is 3. The smallest absolute Gasteiger partial charge is 0.326 e. The Hall–Kier alpha value is -3.71. The molecular formula is C24H27FN8O3S. The molecule has 4 heterocycles. The Balaban J connectivity index is 1.31. The normalized spacial score (nSPS) is 16.9. The predicted molar refractivity (Wildman–Crippen MR) is 138 cm³/mol. The van der Waals surface area contributed by atoms with E-state index in [1.54, 1.807) is 18.2 Å². The van der Waals surface area contributed by atoms with Crippen molar-refractivity contribution >= 4 is 38.4 Å². The molecule has 13 heteroatoms. The Morgan fingerprint density at radius 3 is 2.59 bits per heavy atom. The third kappa shape index (κ3) is 4.96. The standard InChI is InChI=1S/C24H27FN8O3S/c1-14-11-16-17(26-14)5-6-19(23(16)25)36-24-28-20(27-21-12-18(30-31-21)15-3-4-15)13-22(29-24)32-7-9-33(10-8-32)37(2,34)35/h5-6,11-13,15,26H,3-4,7-10H2,1-2H3,(H2,27,28,29,30,31). The van der Waals surface area contributed by atoms with Crippen LogP contribution in [0.2, 0.25) is 0 Å². The second-order valence-electron chi connectivity index (χ2n) is 9.54. The van der Waals surface area contributed by atoms with Crippen molar-refractivity contribution in [2.45, 2.75) is 25.7 Å². The van der Waals surface area contributed by atoms with Crippen molar-refractivity contribution in [1.29, 1.82) is 0 Å². The molecule has 1 aliphatic carbocycles. The van der Waals surface area contributed by atoms with Crippen LogP contribution in [0.1, 0.15) is 30.1 Å². The van der Waals surface area contributed by atoms with Crippen molar-refractivity contribution in [1.82, 2.24) is 29.5 Å². The Labute approximate surface area is 213 Å². The van der Waals surface area contributed by atoms with Crippen molar-refractivity contribution in [3.8, 4) is 11.8 Å². The van der Waals surface area contributed by atoms with Gasteiger partial charge in [-0.05, 0) is 38.0 Å². The number of aromatic nitrogens is 5. The monoisotopic (exact) mass is 526 g/mol. The first-order valence-electron chi connectivity index (χ1n) is 12.1. The van der Waals surface area contributed by atoms with Gasteiger partial charge in [0.25, 0.3) is 0 Å². The van der Waals surface area contributed by atoms with Gasteiger partial charge in [-0.1, -0.05) is 0 Å². The van der Waals surface area contributed by atoms with Crippen molar-refractivity contribution in [2.24, 2.45) is 0 Å². The zero-order chi connectivity index (χ0) is 25.7. The minimum Gasteiger partial charge on any atom is -0.421 e. The number of aromatic amines is 2. The molecule has 0 unspecified atom stereocenters. The first-order chi connectivity index (χ1) is 17.7. The number of aryl methyl sites for hydroxylation is 1. The number of H-pyrrole nitrogens is 2. The fourth-order valence-corrected chi connectivity index (χ4v) is 5.36. The average Bonchev–Trinajstić information content (AvgIpc) is 3.49. The molecule has 6 rings (SSSR count). The third-order valence-electron chi connectivity index (χ3n) is 6.63. The highest BCUT2D eigenvalue weighted by molar-refractivity contribution is 7.88. The number of benzene rings is 1. The maximum Gasteiger partial charge on any atom is 0.326 e. The molecule has 2 aliphatic rings. The highest BCUT2D eigenvalue weighted by Gasteiger charge is 2.27. The van der Waals surface area contributed by atoms with Gasteiger partial charge in [-0.3, -0.25) is 5.10 Å². The summed E-state index contributed by atoms with van der Waals surface area (Å²) in [6.45, 7) is 3.42. The second kappa shape index (κ2) is 8.99. The average molecular weight is 527 g/mol. The summed E-state index contributed by atoms with van der Waals surface area (Å²) in [5.74, 6) is 1.59. The van der Waals surface area contributed by atoms with E-state index in [1.165, 1.54) is 16.6 Å². The minimum atomic E-state index is -3.27. The van der Waals surface area contributed by atoms with E-state index in [-0.39, 0.29) is 11.8 Å². The number of sulfonamides is 1. The third-order valence-corrected chi connectivity index (χ3v) is 7.94. The van der Waals surface area contributed by atoms with Crippen LogP contribution in [0.15, 0.2) is 30.3 Å². The van der Waals surface area contributed by atoms with Crippen molar-refractivity contribution in [3.05, 3.63) is 47.5 Å². The molecule has 1 saturated carbocycles. The molecule has 3 N–H and O–H groups in total. The first kappa shape index (κ1) is 23.7. The van der Waals surface area contributed by atoms with Crippen LogP contribution in [0.3, 0.4) is 0 Å². The maximum absolute atomic E-state index is 15.2. The van der Waals surface area contributed by atoms with Crippen LogP contribution in [-0.4, -0.2) is 70.3 Å². The zero-order valence-electron chi connectivity index (χ0n) is 20.5. The summed E-state index contributed by atoms with van der Waals surface area (Å²) < 4.78 is 46.4. The molecule has 2 fully saturated rings. The molecule has 194 valence electrons. The largest absolute Gasteiger partial charge is 0.421 e. The number of piperazine rings is 1. The molecule has 0 atom stereocenters. The number of nitrogens with zero attached hydrogens (tertiary/aromatic N) is 5. The van der Waals surface area contributed by atoms with Crippen LogP contribution >= 0.6 is 0 Å². The summed E-state index contributed by atoms with van der Waals surface area (Å²) in [6.07, 6.45) is 3.50. The van der Waals surface area contributed by atoms with E-state index < -0.39 is 15.8 Å². The lowest BCUT2D eigenvalue weighted by Crippen LogP contribution is -2.48. The number of halogens is 1. The molecule has 11 nitrogen and oxygen atoms in total. The molecular weight excluding hydrogens is 499 g/mol. The summed E-state index contributed by atoms with van der Waals surface area (Å²) in [4.78, 5) is 14.1. The van der Waals surface area contributed by atoms with E-state index >= 15 is 4.39 Å². The van der Waals surface area contributed by atoms with Crippen molar-refractivity contribution in [3.63, 3.8) is 0 Å². The van der Waals surface area contributed by atoms with Crippen molar-refractivity contribution < 1.29 is 17.5 Å². The lowest BCUT2D eigenvalue weighted by Gasteiger charge is -2.34. The van der Waals surface area contributed by atoms with Gasteiger partial charge in [0.1, 0.15) is 11.6 Å². The molecule has 1 aliphatic heterocycles. The lowest BCUT2D eigenvalue weighted by atomic mass is 10.2. The number of fused-ring (bicyclic) bond motifs is 1. The Morgan fingerprint density at radius 1 is 1.08 bits per heavy atom. The van der Waals surface area contributed by atoms with E-state index in [2.05, 4.69) is 30.5 Å². The number of anilines is 3. The van der Waals surface area contributed by atoms with E-state index in [0.29, 0.717) is 60.5 Å². The van der Waals surface area contributed by atoms with Gasteiger partial charge in [-0.25, -0.2) is 12.8 Å². The SMILES string of the molecule is Cc1cc2c(F)c(Oc3nc(Nc4cc(C5CC5)[nH]n4)cc(N4CCN(S(C)(=O)=O)CC4)n3)ccc2[nH]1. The summed E-state index contributed by atoms with van der Waals surface area (Å²) >= 11 is 0. The number of hydrogen-bond acceptors (Lipinski definition) is 8. The fraction of sp³-hybridized carbons (Fsp3) is 0.375. The lowest BCUT2D eigenvalue weighted by molar-refractivity contribution is 0.384. The quantitative estimate of drug-likeness (QED) is 0.333. The summed E-state index contributed by atoms with van der Waals surface area (Å²) in [7, 11) is -3.27. The number of ether oxygens (including phenoxy) is 1. The van der Waals surface area contributed by atoms with Gasteiger partial charge in [-0.15, -0.1) is 0 Å². The van der Waals surface area contributed by atoms with E-state index in [4.69, 9.17) is 4.74 Å². The molecule has 1 saturated heterocycles. The van der Waals surface area contributed by atoms with Crippen LogP contribution < -0.4 is 15.0 Å². The van der Waals surface area contributed by atoms with Gasteiger partial charge in [0.2, 0.25) is 10.0 Å². The van der Waals surface area contributed by atoms with Gasteiger partial charge in [0, 0.05) is 66.5 Å². The summed E-state index contributed by atoms with van der Waals surface area (Å²) in [5.41, 5.74) is 2.59. The van der Waals surface area contributed by atoms with Crippen LogP contribution in [0.4, 0.5) is 21.8 Å². The second-order valence-corrected chi connectivity index (χ2v) is 11.5. The van der Waals surface area contributed by atoms with Crippen molar-refractivity contribution in [2.75, 3.05) is 42.7 Å². The molecule has 3 aromatic heterocycles. The molecule has 0 radical (unpaired) electrons. The molecule has 37 heavy (non-hydrogen) atoms. The topological polar surface area (TPSA) is 132 Å². The van der Waals surface area contributed by atoms with Gasteiger partial charge in [0.15, 0.2) is 17.4 Å². The zero-order valence-corrected chi connectivity index (χ0v) is 21.3. The van der Waals surface area contributed by atoms with Crippen LogP contribution in [0.25, 0.3) is 10.9 Å². The molecule has 0 amide bonds. The highest BCUT2D eigenvalue weighted by atomic mass is 32.2. The van der Waals surface area contributed by atoms with Gasteiger partial charge < -0.3 is 19.9 Å². The summed E-state index contributed by atoms with van der Waals surface area (Å²) in [6, 6.07) is 8.68. The van der Waals surface area contributed by atoms with Crippen LogP contribution in [0.5, 0.6) is 11.8 Å². The van der Waals surface area contributed by atoms with Gasteiger partial charge >= 0.3 is 6.01 Å². The highest BCUT2D eigenvalue weighted by Crippen LogP contribution is 2.40. The Kier molecular flexibility index (Phi) is 5.75. The van der Waals surface area contributed by atoms with E-state index in [0.717, 1.165) is 24.2 Å². The fourth-order valence-electron chi connectivity index (χ4n) is 4.53. The predicted octanol–water partition coefficient (Wildman–Crippen LogP) is 3.62. The van der Waals surface area contributed by atoms with E-state index in [1.807, 2.05) is 17.9 Å². The van der Waals surface area contributed by atoms with Crippen LogP contribution in [-0.2, 0) is 10.0 Å². The Morgan fingerprint density at radius 2 is 1.86 bits per heavy atom. The molecule has 4 aromatic rings. The van der Waals surface area contributed by atoms with Crippen LogP contribution in [0, 0.1) is 12.7 Å². The molecule has 1 aromatic carbocycles. The van der Waals surface area contributed by atoms with E-state index in [9.17, 15) is 8.42 Å². The van der Waals surface area contributed by atoms with Gasteiger partial charge in [-0.2, -0.15) is 19.4 Å². The number of rotatable bonds is 7. The number of hydrogen-bond donors (Lipinski definition) is 3. The molecule has 0 bridgehead atoms.